The summed E-state index contributed by atoms with van der Waals surface area (Å²) in [6.45, 7) is -0.105. The lowest BCUT2D eigenvalue weighted by Gasteiger charge is -2.04. The van der Waals surface area contributed by atoms with Crippen molar-refractivity contribution in [1.82, 2.24) is 14.3 Å². The molecule has 0 atom stereocenters. The molecule has 0 fully saturated rings. The maximum absolute atomic E-state index is 13.8. The molecule has 0 unspecified atom stereocenters. The predicted octanol–water partition coefficient (Wildman–Crippen LogP) is 0.467. The van der Waals surface area contributed by atoms with Gasteiger partial charge < -0.3 is 5.11 Å². The highest BCUT2D eigenvalue weighted by atomic mass is 19.1. The van der Waals surface area contributed by atoms with Gasteiger partial charge in [-0.2, -0.15) is 5.10 Å². The molecule has 2 rings (SSSR count). The van der Waals surface area contributed by atoms with Crippen LogP contribution in [0, 0.1) is 5.82 Å². The van der Waals surface area contributed by atoms with E-state index in [1.54, 1.807) is 0 Å². The van der Waals surface area contributed by atoms with Gasteiger partial charge in [0.1, 0.15) is 12.1 Å². The summed E-state index contributed by atoms with van der Waals surface area (Å²) in [7, 11) is 1.52. The van der Waals surface area contributed by atoms with E-state index >= 15 is 0 Å². The van der Waals surface area contributed by atoms with Crippen LogP contribution in [0.25, 0.3) is 0 Å². The van der Waals surface area contributed by atoms with E-state index in [1.165, 1.54) is 36.1 Å². The molecule has 1 aromatic carbocycles. The van der Waals surface area contributed by atoms with Crippen molar-refractivity contribution in [3.63, 3.8) is 0 Å². The van der Waals surface area contributed by atoms with E-state index < -0.39 is 23.0 Å². The Morgan fingerprint density at radius 3 is 2.78 bits per heavy atom. The van der Waals surface area contributed by atoms with Gasteiger partial charge in [-0.3, -0.25) is 4.57 Å². The van der Waals surface area contributed by atoms with Gasteiger partial charge in [-0.25, -0.2) is 18.7 Å². The molecule has 1 N–H and O–H groups in total. The Balaban J connectivity index is 2.41. The monoisotopic (exact) mass is 251 g/mol. The number of hydrogen-bond donors (Lipinski definition) is 1. The smallest absolute Gasteiger partial charge is 0.345 e. The van der Waals surface area contributed by atoms with Crippen molar-refractivity contribution in [2.24, 2.45) is 7.05 Å². The van der Waals surface area contributed by atoms with Gasteiger partial charge in [-0.15, -0.1) is 0 Å². The van der Waals surface area contributed by atoms with Gasteiger partial charge in [0.25, 0.3) is 0 Å². The third-order valence-corrected chi connectivity index (χ3v) is 2.52. The summed E-state index contributed by atoms with van der Waals surface area (Å²) in [5.74, 6) is -2.19. The second-order valence-electron chi connectivity index (χ2n) is 3.77. The van der Waals surface area contributed by atoms with Crippen molar-refractivity contribution in [1.29, 1.82) is 0 Å². The largest absolute Gasteiger partial charge is 0.478 e. The van der Waals surface area contributed by atoms with Crippen LogP contribution in [0.1, 0.15) is 15.9 Å². The average molecular weight is 251 g/mol. The summed E-state index contributed by atoms with van der Waals surface area (Å²) >= 11 is 0. The van der Waals surface area contributed by atoms with Crippen molar-refractivity contribution in [2.45, 2.75) is 6.54 Å². The van der Waals surface area contributed by atoms with Crippen LogP contribution in [-0.2, 0) is 13.6 Å². The average Bonchev–Trinajstić information content (AvgIpc) is 2.63. The van der Waals surface area contributed by atoms with Crippen molar-refractivity contribution in [3.8, 4) is 0 Å². The van der Waals surface area contributed by atoms with E-state index in [2.05, 4.69) is 5.10 Å². The van der Waals surface area contributed by atoms with Gasteiger partial charge in [0.15, 0.2) is 0 Å². The number of carbonyl (C=O) groups is 1. The van der Waals surface area contributed by atoms with Crippen molar-refractivity contribution in [2.75, 3.05) is 0 Å². The van der Waals surface area contributed by atoms with E-state index in [-0.39, 0.29) is 12.1 Å². The fraction of sp³-hybridized carbons (Fsp3) is 0.182. The van der Waals surface area contributed by atoms with Crippen LogP contribution < -0.4 is 5.69 Å². The van der Waals surface area contributed by atoms with Crippen LogP contribution >= 0.6 is 0 Å². The molecule has 0 radical (unpaired) electrons. The number of aromatic carboxylic acids is 1. The Kier molecular flexibility index (Phi) is 2.97. The second-order valence-corrected chi connectivity index (χ2v) is 3.77. The van der Waals surface area contributed by atoms with Gasteiger partial charge >= 0.3 is 11.7 Å². The van der Waals surface area contributed by atoms with Crippen LogP contribution in [0.15, 0.2) is 29.3 Å². The van der Waals surface area contributed by atoms with Crippen LogP contribution in [0.5, 0.6) is 0 Å². The predicted molar refractivity (Wildman–Crippen MR) is 59.9 cm³/mol. The number of aryl methyl sites for hydroxylation is 1. The van der Waals surface area contributed by atoms with E-state index in [9.17, 15) is 14.0 Å². The van der Waals surface area contributed by atoms with Crippen molar-refractivity contribution in [3.05, 3.63) is 52.0 Å². The van der Waals surface area contributed by atoms with Crippen LogP contribution in [0.2, 0.25) is 0 Å². The molecule has 1 heterocycles. The summed E-state index contributed by atoms with van der Waals surface area (Å²) in [5.41, 5.74) is -0.706. The number of carboxylic acids is 1. The zero-order valence-corrected chi connectivity index (χ0v) is 9.50. The molecular formula is C11H10FN3O3. The minimum absolute atomic E-state index is 0.105. The molecule has 0 aliphatic heterocycles. The highest BCUT2D eigenvalue weighted by Gasteiger charge is 2.14. The lowest BCUT2D eigenvalue weighted by atomic mass is 10.1. The molecule has 18 heavy (non-hydrogen) atoms. The molecule has 0 aliphatic carbocycles. The molecule has 7 heteroatoms. The molecular weight excluding hydrogens is 241 g/mol. The minimum atomic E-state index is -1.34. The first kappa shape index (κ1) is 12.0. The van der Waals surface area contributed by atoms with Gasteiger partial charge in [0, 0.05) is 12.6 Å². The minimum Gasteiger partial charge on any atom is -0.478 e. The SMILES string of the molecule is Cn1cnn(Cc2cccc(C(=O)O)c2F)c1=O. The Labute approximate surface area is 101 Å². The van der Waals surface area contributed by atoms with E-state index in [0.717, 1.165) is 4.68 Å². The first-order chi connectivity index (χ1) is 8.50. The Morgan fingerprint density at radius 2 is 2.22 bits per heavy atom. The quantitative estimate of drug-likeness (QED) is 0.860. The molecule has 1 aromatic heterocycles. The summed E-state index contributed by atoms with van der Waals surface area (Å²) in [6, 6.07) is 4.01. The number of aromatic nitrogens is 3. The molecule has 0 saturated heterocycles. The van der Waals surface area contributed by atoms with E-state index in [0.29, 0.717) is 0 Å². The molecule has 6 nitrogen and oxygen atoms in total. The van der Waals surface area contributed by atoms with E-state index in [1.807, 2.05) is 0 Å². The van der Waals surface area contributed by atoms with Crippen LogP contribution in [0.3, 0.4) is 0 Å². The van der Waals surface area contributed by atoms with Gasteiger partial charge in [-0.05, 0) is 6.07 Å². The number of hydrogen-bond acceptors (Lipinski definition) is 3. The Morgan fingerprint density at radius 1 is 1.50 bits per heavy atom. The van der Waals surface area contributed by atoms with Gasteiger partial charge in [0.2, 0.25) is 0 Å². The standard InChI is InChI=1S/C11H10FN3O3/c1-14-6-13-15(11(14)18)5-7-3-2-4-8(9(7)12)10(16)17/h2-4,6H,5H2,1H3,(H,16,17). The zero-order valence-electron chi connectivity index (χ0n) is 9.50. The fourth-order valence-corrected chi connectivity index (χ4v) is 1.56. The summed E-state index contributed by atoms with van der Waals surface area (Å²) in [5, 5.41) is 12.6. The molecule has 0 aliphatic rings. The number of benzene rings is 1. The molecule has 0 spiro atoms. The number of rotatable bonds is 3. The molecule has 0 bridgehead atoms. The highest BCUT2D eigenvalue weighted by molar-refractivity contribution is 5.88. The second kappa shape index (κ2) is 4.44. The van der Waals surface area contributed by atoms with Crippen molar-refractivity contribution >= 4 is 5.97 Å². The highest BCUT2D eigenvalue weighted by Crippen LogP contribution is 2.13. The van der Waals surface area contributed by atoms with Crippen LogP contribution in [0.4, 0.5) is 4.39 Å². The molecule has 0 amide bonds. The third-order valence-electron chi connectivity index (χ3n) is 2.52. The van der Waals surface area contributed by atoms with Crippen LogP contribution in [-0.4, -0.2) is 25.4 Å². The maximum Gasteiger partial charge on any atom is 0.345 e. The normalized spacial score (nSPS) is 10.6. The van der Waals surface area contributed by atoms with Crippen molar-refractivity contribution < 1.29 is 14.3 Å². The summed E-state index contributed by atoms with van der Waals surface area (Å²) < 4.78 is 16.1. The van der Waals surface area contributed by atoms with Gasteiger partial charge in [-0.1, -0.05) is 12.1 Å². The lowest BCUT2D eigenvalue weighted by Crippen LogP contribution is -2.24. The topological polar surface area (TPSA) is 77.1 Å². The Bertz CT molecular complexity index is 660. The molecule has 94 valence electrons. The number of carboxylic acid groups (broad SMARTS) is 1. The summed E-state index contributed by atoms with van der Waals surface area (Å²) in [4.78, 5) is 22.3. The third kappa shape index (κ3) is 2.02. The lowest BCUT2D eigenvalue weighted by molar-refractivity contribution is 0.0691. The van der Waals surface area contributed by atoms with Gasteiger partial charge in [0.05, 0.1) is 12.1 Å². The first-order valence-electron chi connectivity index (χ1n) is 5.10. The maximum atomic E-state index is 13.8. The first-order valence-corrected chi connectivity index (χ1v) is 5.10. The Hall–Kier alpha value is -2.44. The molecule has 2 aromatic rings. The number of halogens is 1. The molecule has 0 saturated carbocycles. The fourth-order valence-electron chi connectivity index (χ4n) is 1.56. The zero-order chi connectivity index (χ0) is 13.3. The van der Waals surface area contributed by atoms with E-state index in [4.69, 9.17) is 5.11 Å². The summed E-state index contributed by atoms with van der Waals surface area (Å²) in [6.07, 6.45) is 1.31. The number of nitrogens with zero attached hydrogens (tertiary/aromatic N) is 3.